The van der Waals surface area contributed by atoms with Gasteiger partial charge < -0.3 is 16.2 Å². The molecular weight excluding hydrogens is 190 g/mol. The maximum absolute atomic E-state index is 8.86. The van der Waals surface area contributed by atoms with Crippen molar-refractivity contribution in [2.24, 2.45) is 5.92 Å². The summed E-state index contributed by atoms with van der Waals surface area (Å²) in [5, 5.41) is 20.7. The van der Waals surface area contributed by atoms with E-state index in [-0.39, 0.29) is 12.5 Å². The smallest absolute Gasteiger partial charge is 0.0992 e. The van der Waals surface area contributed by atoms with Gasteiger partial charge in [-0.25, -0.2) is 0 Å². The third-order valence-electron chi connectivity index (χ3n) is 2.14. The number of nitrogens with one attached hydrogen (secondary N) is 1. The highest BCUT2D eigenvalue weighted by atomic mass is 16.3. The Kier molecular flexibility index (Phi) is 3.95. The number of aliphatic hydroxyl groups is 1. The van der Waals surface area contributed by atoms with Crippen molar-refractivity contribution in [1.29, 1.82) is 5.26 Å². The van der Waals surface area contributed by atoms with Crippen molar-refractivity contribution in [2.75, 3.05) is 24.2 Å². The third kappa shape index (κ3) is 3.15. The average Bonchev–Trinajstić information content (AvgIpc) is 2.27. The molecule has 15 heavy (non-hydrogen) atoms. The van der Waals surface area contributed by atoms with Gasteiger partial charge in [0.2, 0.25) is 0 Å². The van der Waals surface area contributed by atoms with Crippen LogP contribution >= 0.6 is 0 Å². The quantitative estimate of drug-likeness (QED) is 0.645. The molecular formula is C11H15N3O. The predicted octanol–water partition coefficient (Wildman–Crippen LogP) is 1.18. The molecule has 4 N–H and O–H groups in total. The van der Waals surface area contributed by atoms with Crippen LogP contribution in [0.3, 0.4) is 0 Å². The lowest BCUT2D eigenvalue weighted by atomic mass is 10.1. The highest BCUT2D eigenvalue weighted by Gasteiger charge is 2.03. The monoisotopic (exact) mass is 205 g/mol. The first-order valence-corrected chi connectivity index (χ1v) is 4.81. The van der Waals surface area contributed by atoms with Crippen LogP contribution in [0.4, 0.5) is 11.4 Å². The first-order chi connectivity index (χ1) is 7.17. The van der Waals surface area contributed by atoms with Gasteiger partial charge in [-0.3, -0.25) is 0 Å². The van der Waals surface area contributed by atoms with Gasteiger partial charge in [0.15, 0.2) is 0 Å². The van der Waals surface area contributed by atoms with Crippen molar-refractivity contribution in [3.05, 3.63) is 23.8 Å². The molecule has 0 fully saturated rings. The molecule has 1 rings (SSSR count). The molecule has 0 saturated carbocycles. The minimum Gasteiger partial charge on any atom is -0.397 e. The van der Waals surface area contributed by atoms with Crippen LogP contribution in [0, 0.1) is 17.2 Å². The van der Waals surface area contributed by atoms with Gasteiger partial charge in [-0.2, -0.15) is 5.26 Å². The van der Waals surface area contributed by atoms with E-state index in [0.29, 0.717) is 17.8 Å². The summed E-state index contributed by atoms with van der Waals surface area (Å²) in [6.45, 7) is 2.69. The minimum atomic E-state index is 0.130. The number of nitrogens with zero attached hydrogens (tertiary/aromatic N) is 1. The molecule has 0 heterocycles. The summed E-state index contributed by atoms with van der Waals surface area (Å²) >= 11 is 0. The molecule has 0 aliphatic rings. The summed E-state index contributed by atoms with van der Waals surface area (Å²) in [6.07, 6.45) is 0. The molecule has 4 nitrogen and oxygen atoms in total. The van der Waals surface area contributed by atoms with Crippen molar-refractivity contribution in [3.8, 4) is 6.07 Å². The number of nitriles is 1. The molecule has 1 aromatic rings. The van der Waals surface area contributed by atoms with Crippen LogP contribution in [-0.2, 0) is 0 Å². The molecule has 1 atom stereocenters. The van der Waals surface area contributed by atoms with Gasteiger partial charge in [0.1, 0.15) is 0 Å². The maximum Gasteiger partial charge on any atom is 0.0992 e. The first kappa shape index (κ1) is 11.3. The van der Waals surface area contributed by atoms with Crippen LogP contribution in [0.25, 0.3) is 0 Å². The van der Waals surface area contributed by atoms with Crippen molar-refractivity contribution in [3.63, 3.8) is 0 Å². The van der Waals surface area contributed by atoms with E-state index in [1.807, 2.05) is 6.92 Å². The van der Waals surface area contributed by atoms with Gasteiger partial charge in [0.25, 0.3) is 0 Å². The number of hydrogen-bond donors (Lipinski definition) is 3. The molecule has 0 aromatic heterocycles. The topological polar surface area (TPSA) is 82.1 Å². The fraction of sp³-hybridized carbons (Fsp3) is 0.364. The van der Waals surface area contributed by atoms with Crippen LogP contribution in [0.15, 0.2) is 18.2 Å². The summed E-state index contributed by atoms with van der Waals surface area (Å²) in [4.78, 5) is 0. The number of rotatable bonds is 4. The molecule has 0 aliphatic carbocycles. The Bertz CT molecular complexity index is 371. The van der Waals surface area contributed by atoms with Crippen LogP contribution in [0.5, 0.6) is 0 Å². The van der Waals surface area contributed by atoms with E-state index < -0.39 is 0 Å². The van der Waals surface area contributed by atoms with Crippen LogP contribution in [-0.4, -0.2) is 18.3 Å². The van der Waals surface area contributed by atoms with E-state index >= 15 is 0 Å². The first-order valence-electron chi connectivity index (χ1n) is 4.81. The minimum absolute atomic E-state index is 0.130. The van der Waals surface area contributed by atoms with E-state index in [1.165, 1.54) is 0 Å². The molecule has 0 saturated heterocycles. The molecule has 80 valence electrons. The van der Waals surface area contributed by atoms with Gasteiger partial charge in [-0.15, -0.1) is 0 Å². The zero-order valence-electron chi connectivity index (χ0n) is 8.70. The third-order valence-corrected chi connectivity index (χ3v) is 2.14. The number of hydrogen-bond acceptors (Lipinski definition) is 4. The molecule has 1 aromatic carbocycles. The Labute approximate surface area is 89.3 Å². The van der Waals surface area contributed by atoms with Crippen molar-refractivity contribution < 1.29 is 5.11 Å². The highest BCUT2D eigenvalue weighted by molar-refractivity contribution is 5.68. The van der Waals surface area contributed by atoms with Crippen molar-refractivity contribution in [2.45, 2.75) is 6.92 Å². The maximum atomic E-state index is 8.86. The average molecular weight is 205 g/mol. The molecule has 0 aliphatic heterocycles. The van der Waals surface area contributed by atoms with E-state index in [9.17, 15) is 0 Å². The lowest BCUT2D eigenvalue weighted by Crippen LogP contribution is -2.15. The molecule has 0 radical (unpaired) electrons. The molecule has 0 bridgehead atoms. The van der Waals surface area contributed by atoms with Gasteiger partial charge in [0.05, 0.1) is 23.0 Å². The van der Waals surface area contributed by atoms with Crippen LogP contribution < -0.4 is 11.1 Å². The normalized spacial score (nSPS) is 11.8. The molecule has 1 unspecified atom stereocenters. The summed E-state index contributed by atoms with van der Waals surface area (Å²) in [6, 6.07) is 7.13. The van der Waals surface area contributed by atoms with E-state index in [2.05, 4.69) is 11.4 Å². The predicted molar refractivity (Wildman–Crippen MR) is 60.3 cm³/mol. The highest BCUT2D eigenvalue weighted by Crippen LogP contribution is 2.19. The molecule has 4 heteroatoms. The molecule has 0 amide bonds. The lowest BCUT2D eigenvalue weighted by molar-refractivity contribution is 0.244. The van der Waals surface area contributed by atoms with Gasteiger partial charge in [0, 0.05) is 13.2 Å². The number of benzene rings is 1. The number of nitrogen functional groups attached to an aromatic ring is 1. The van der Waals surface area contributed by atoms with Crippen molar-refractivity contribution >= 4 is 11.4 Å². The second kappa shape index (κ2) is 5.23. The Hall–Kier alpha value is -1.73. The Morgan fingerprint density at radius 3 is 2.93 bits per heavy atom. The summed E-state index contributed by atoms with van der Waals surface area (Å²) < 4.78 is 0. The Morgan fingerprint density at radius 1 is 1.60 bits per heavy atom. The summed E-state index contributed by atoms with van der Waals surface area (Å²) in [5.74, 6) is 0.162. The van der Waals surface area contributed by atoms with E-state index in [0.717, 1.165) is 5.69 Å². The zero-order chi connectivity index (χ0) is 11.3. The van der Waals surface area contributed by atoms with Crippen LogP contribution in [0.2, 0.25) is 0 Å². The van der Waals surface area contributed by atoms with Crippen molar-refractivity contribution in [1.82, 2.24) is 0 Å². The van der Waals surface area contributed by atoms with Gasteiger partial charge >= 0.3 is 0 Å². The number of anilines is 2. The van der Waals surface area contributed by atoms with Gasteiger partial charge in [-0.1, -0.05) is 6.92 Å². The largest absolute Gasteiger partial charge is 0.397 e. The Balaban J connectivity index is 2.72. The Morgan fingerprint density at radius 2 is 2.33 bits per heavy atom. The van der Waals surface area contributed by atoms with E-state index in [1.54, 1.807) is 18.2 Å². The van der Waals surface area contributed by atoms with E-state index in [4.69, 9.17) is 16.1 Å². The fourth-order valence-electron chi connectivity index (χ4n) is 1.13. The SMILES string of the molecule is CC(CO)CNc1cc(C#N)ccc1N. The lowest BCUT2D eigenvalue weighted by Gasteiger charge is -2.12. The second-order valence-corrected chi connectivity index (χ2v) is 3.58. The molecule has 0 spiro atoms. The summed E-state index contributed by atoms with van der Waals surface area (Å²) in [5.41, 5.74) is 7.67. The standard InChI is InChI=1S/C11H15N3O/c1-8(7-15)6-14-11-4-9(5-12)2-3-10(11)13/h2-4,8,14-15H,6-7,13H2,1H3. The fourth-order valence-corrected chi connectivity index (χ4v) is 1.13. The zero-order valence-corrected chi connectivity index (χ0v) is 8.70. The second-order valence-electron chi connectivity index (χ2n) is 3.58. The summed E-state index contributed by atoms with van der Waals surface area (Å²) in [7, 11) is 0. The number of nitrogens with two attached hydrogens (primary N) is 1. The van der Waals surface area contributed by atoms with Crippen LogP contribution in [0.1, 0.15) is 12.5 Å². The van der Waals surface area contributed by atoms with Gasteiger partial charge in [-0.05, 0) is 24.1 Å². The number of aliphatic hydroxyl groups excluding tert-OH is 1.